The van der Waals surface area contributed by atoms with Crippen LogP contribution < -0.4 is 0 Å². The van der Waals surface area contributed by atoms with Gasteiger partial charge in [0.1, 0.15) is 0 Å². The summed E-state index contributed by atoms with van der Waals surface area (Å²) in [4.78, 5) is 25.6. The first kappa shape index (κ1) is 14.5. The van der Waals surface area contributed by atoms with Crippen LogP contribution >= 0.6 is 0 Å². The second kappa shape index (κ2) is 6.41. The third-order valence-corrected chi connectivity index (χ3v) is 2.34. The predicted octanol–water partition coefficient (Wildman–Crippen LogP) is -0.446. The summed E-state index contributed by atoms with van der Waals surface area (Å²) in [6.45, 7) is 3.85. The van der Waals surface area contributed by atoms with Gasteiger partial charge in [-0.1, -0.05) is 0 Å². The Morgan fingerprint density at radius 2 is 1.17 bits per heavy atom. The molecule has 0 spiro atoms. The molecule has 8 heteroatoms. The molecule has 2 N–H and O–H groups in total. The van der Waals surface area contributed by atoms with Gasteiger partial charge in [-0.05, 0) is 13.8 Å². The van der Waals surface area contributed by atoms with Crippen molar-refractivity contribution in [1.29, 1.82) is 0 Å². The first-order valence-corrected chi connectivity index (χ1v) is 5.67. The zero-order chi connectivity index (χ0) is 13.7. The van der Waals surface area contributed by atoms with Gasteiger partial charge in [0.05, 0.1) is 0 Å². The van der Waals surface area contributed by atoms with Crippen LogP contribution in [-0.4, -0.2) is 71.0 Å². The highest BCUT2D eigenvalue weighted by molar-refractivity contribution is 5.70. The quantitative estimate of drug-likeness (QED) is 0.654. The van der Waals surface area contributed by atoms with Crippen LogP contribution in [0.25, 0.3) is 0 Å². The molecule has 0 saturated carbocycles. The lowest BCUT2D eigenvalue weighted by Crippen LogP contribution is -2.51. The second-order valence-corrected chi connectivity index (χ2v) is 3.94. The first-order valence-electron chi connectivity index (χ1n) is 5.67. The standard InChI is InChI=1S/C10H18N2O6/c1-7(13)17-9(15)11-3-5-12(6-4-11)10(16)18-8(2)14/h7-8,13-14H,3-6H2,1-2H3/t7-,8-/m1/s1. The molecule has 1 aliphatic rings. The number of nitrogens with zero attached hydrogens (tertiary/aromatic N) is 2. The molecule has 1 heterocycles. The Morgan fingerprint density at radius 3 is 1.39 bits per heavy atom. The molecule has 8 nitrogen and oxygen atoms in total. The van der Waals surface area contributed by atoms with E-state index in [1.165, 1.54) is 23.6 Å². The Kier molecular flexibility index (Phi) is 5.17. The number of piperazine rings is 1. The van der Waals surface area contributed by atoms with Crippen LogP contribution in [0, 0.1) is 0 Å². The van der Waals surface area contributed by atoms with Crippen LogP contribution in [0.2, 0.25) is 0 Å². The zero-order valence-corrected chi connectivity index (χ0v) is 10.4. The summed E-state index contributed by atoms with van der Waals surface area (Å²) in [6, 6.07) is 0. The molecule has 2 amide bonds. The number of aliphatic hydroxyl groups excluding tert-OH is 2. The first-order chi connectivity index (χ1) is 8.40. The van der Waals surface area contributed by atoms with E-state index in [4.69, 9.17) is 10.2 Å². The molecule has 18 heavy (non-hydrogen) atoms. The van der Waals surface area contributed by atoms with Gasteiger partial charge in [0, 0.05) is 26.2 Å². The number of carbonyl (C=O) groups is 2. The van der Waals surface area contributed by atoms with Gasteiger partial charge < -0.3 is 29.5 Å². The van der Waals surface area contributed by atoms with E-state index in [2.05, 4.69) is 9.47 Å². The number of rotatable bonds is 2. The third kappa shape index (κ3) is 4.38. The van der Waals surface area contributed by atoms with Gasteiger partial charge in [-0.15, -0.1) is 0 Å². The van der Waals surface area contributed by atoms with Crippen molar-refractivity contribution < 1.29 is 29.3 Å². The fraction of sp³-hybridized carbons (Fsp3) is 0.800. The summed E-state index contributed by atoms with van der Waals surface area (Å²) in [5, 5.41) is 17.8. The molecule has 0 aromatic rings. The summed E-state index contributed by atoms with van der Waals surface area (Å²) in [6.07, 6.45) is -3.55. The van der Waals surface area contributed by atoms with E-state index >= 15 is 0 Å². The van der Waals surface area contributed by atoms with E-state index < -0.39 is 24.8 Å². The van der Waals surface area contributed by atoms with Crippen LogP contribution in [0.4, 0.5) is 9.59 Å². The fourth-order valence-corrected chi connectivity index (χ4v) is 1.51. The van der Waals surface area contributed by atoms with Crippen LogP contribution in [-0.2, 0) is 9.47 Å². The molecule has 104 valence electrons. The molecule has 1 rings (SSSR count). The monoisotopic (exact) mass is 262 g/mol. The highest BCUT2D eigenvalue weighted by atomic mass is 16.7. The molecule has 0 radical (unpaired) electrons. The summed E-state index contributed by atoms with van der Waals surface area (Å²) < 4.78 is 9.24. The lowest BCUT2D eigenvalue weighted by molar-refractivity contribution is -0.0634. The Bertz CT molecular complexity index is 269. The Morgan fingerprint density at radius 1 is 0.889 bits per heavy atom. The van der Waals surface area contributed by atoms with E-state index in [-0.39, 0.29) is 0 Å². The van der Waals surface area contributed by atoms with E-state index in [1.807, 2.05) is 0 Å². The fourth-order valence-electron chi connectivity index (χ4n) is 1.51. The minimum absolute atomic E-state index is 0.292. The molecular formula is C10H18N2O6. The van der Waals surface area contributed by atoms with Crippen LogP contribution in [0.5, 0.6) is 0 Å². The Labute approximate surface area is 105 Å². The summed E-state index contributed by atoms with van der Waals surface area (Å²) >= 11 is 0. The predicted molar refractivity (Wildman–Crippen MR) is 59.5 cm³/mol. The lowest BCUT2D eigenvalue weighted by Gasteiger charge is -2.33. The summed E-state index contributed by atoms with van der Waals surface area (Å²) in [7, 11) is 0. The van der Waals surface area contributed by atoms with Gasteiger partial charge >= 0.3 is 12.2 Å². The van der Waals surface area contributed by atoms with Crippen molar-refractivity contribution in [2.45, 2.75) is 26.4 Å². The molecule has 0 unspecified atom stereocenters. The van der Waals surface area contributed by atoms with Gasteiger partial charge in [0.25, 0.3) is 0 Å². The van der Waals surface area contributed by atoms with Crippen molar-refractivity contribution in [3.8, 4) is 0 Å². The highest BCUT2D eigenvalue weighted by Gasteiger charge is 2.26. The van der Waals surface area contributed by atoms with Crippen molar-refractivity contribution in [2.75, 3.05) is 26.2 Å². The van der Waals surface area contributed by atoms with Crippen molar-refractivity contribution in [3.05, 3.63) is 0 Å². The van der Waals surface area contributed by atoms with Crippen molar-refractivity contribution >= 4 is 12.2 Å². The lowest BCUT2D eigenvalue weighted by atomic mass is 10.3. The van der Waals surface area contributed by atoms with Gasteiger partial charge in [0.15, 0.2) is 12.6 Å². The Hall–Kier alpha value is -1.54. The largest absolute Gasteiger partial charge is 0.420 e. The SMILES string of the molecule is C[C@H](O)OC(=O)N1CCN(C(=O)O[C@H](C)O)CC1. The topological polar surface area (TPSA) is 99.5 Å². The van der Waals surface area contributed by atoms with Crippen LogP contribution in [0.1, 0.15) is 13.8 Å². The van der Waals surface area contributed by atoms with Gasteiger partial charge in [-0.25, -0.2) is 9.59 Å². The number of carbonyl (C=O) groups excluding carboxylic acids is 2. The van der Waals surface area contributed by atoms with Crippen LogP contribution in [0.3, 0.4) is 0 Å². The molecule has 1 fully saturated rings. The molecule has 1 saturated heterocycles. The molecule has 0 aromatic heterocycles. The maximum atomic E-state index is 11.4. The number of ether oxygens (including phenoxy) is 2. The van der Waals surface area contributed by atoms with Crippen molar-refractivity contribution in [1.82, 2.24) is 9.80 Å². The van der Waals surface area contributed by atoms with E-state index in [0.717, 1.165) is 0 Å². The highest BCUT2D eigenvalue weighted by Crippen LogP contribution is 2.07. The smallest absolute Gasteiger partial charge is 0.412 e. The number of amides is 2. The van der Waals surface area contributed by atoms with Gasteiger partial charge in [-0.2, -0.15) is 0 Å². The minimum Gasteiger partial charge on any atom is -0.420 e. The van der Waals surface area contributed by atoms with Crippen LogP contribution in [0.15, 0.2) is 0 Å². The second-order valence-electron chi connectivity index (χ2n) is 3.94. The summed E-state index contributed by atoms with van der Waals surface area (Å²) in [5.74, 6) is 0. The number of aliphatic hydroxyl groups is 2. The number of hydrogen-bond donors (Lipinski definition) is 2. The molecule has 1 aliphatic heterocycles. The van der Waals surface area contributed by atoms with Crippen molar-refractivity contribution in [3.63, 3.8) is 0 Å². The van der Waals surface area contributed by atoms with E-state index in [9.17, 15) is 9.59 Å². The maximum Gasteiger partial charge on any atom is 0.412 e. The molecule has 0 aliphatic carbocycles. The van der Waals surface area contributed by atoms with Gasteiger partial charge in [0.2, 0.25) is 0 Å². The Balaban J connectivity index is 2.36. The minimum atomic E-state index is -1.16. The third-order valence-electron chi connectivity index (χ3n) is 2.34. The normalized spacial score (nSPS) is 19.1. The molecule has 0 bridgehead atoms. The summed E-state index contributed by atoms with van der Waals surface area (Å²) in [5.41, 5.74) is 0. The molecule has 2 atom stereocenters. The number of hydrogen-bond acceptors (Lipinski definition) is 6. The van der Waals surface area contributed by atoms with Gasteiger partial charge in [-0.3, -0.25) is 0 Å². The zero-order valence-electron chi connectivity index (χ0n) is 10.4. The average molecular weight is 262 g/mol. The molecule has 0 aromatic carbocycles. The van der Waals surface area contributed by atoms with E-state index in [1.54, 1.807) is 0 Å². The average Bonchev–Trinajstić information content (AvgIpc) is 2.27. The molecular weight excluding hydrogens is 244 g/mol. The van der Waals surface area contributed by atoms with Crippen molar-refractivity contribution in [2.24, 2.45) is 0 Å². The van der Waals surface area contributed by atoms with E-state index in [0.29, 0.717) is 26.2 Å². The maximum absolute atomic E-state index is 11.4.